The number of phenols is 1. The van der Waals surface area contributed by atoms with Crippen LogP contribution in [0.4, 0.5) is 5.69 Å². The minimum atomic E-state index is -4.35. The van der Waals surface area contributed by atoms with Gasteiger partial charge in [0.15, 0.2) is 0 Å². The number of anilines is 1. The number of rotatable bonds is 2. The van der Waals surface area contributed by atoms with Crippen LogP contribution in [-0.2, 0) is 10.1 Å². The Morgan fingerprint density at radius 3 is 2.28 bits per heavy atom. The summed E-state index contributed by atoms with van der Waals surface area (Å²) in [5.41, 5.74) is 6.37. The van der Waals surface area contributed by atoms with Gasteiger partial charge in [-0.1, -0.05) is 18.2 Å². The first-order valence-electron chi connectivity index (χ1n) is 5.05. The van der Waals surface area contributed by atoms with Crippen LogP contribution in [0.15, 0.2) is 47.4 Å². The number of benzene rings is 2. The Morgan fingerprint density at radius 2 is 1.67 bits per heavy atom. The molecule has 6 heteroatoms. The summed E-state index contributed by atoms with van der Waals surface area (Å²) < 4.78 is 31.7. The molecule has 0 spiro atoms. The molecular formula is C12H11NO4S. The molecule has 0 saturated heterocycles. The summed E-state index contributed by atoms with van der Waals surface area (Å²) in [5.74, 6) is -0.147. The van der Waals surface area contributed by atoms with Crippen LogP contribution in [0.2, 0.25) is 0 Å². The summed E-state index contributed by atoms with van der Waals surface area (Å²) in [7, 11) is -4.35. The van der Waals surface area contributed by atoms with Crippen molar-refractivity contribution in [3.63, 3.8) is 0 Å². The Morgan fingerprint density at radius 1 is 1.00 bits per heavy atom. The molecule has 2 aromatic carbocycles. The molecule has 18 heavy (non-hydrogen) atoms. The summed E-state index contributed by atoms with van der Waals surface area (Å²) in [6, 6.07) is 10.2. The smallest absolute Gasteiger partial charge is 0.295 e. The van der Waals surface area contributed by atoms with Gasteiger partial charge in [0, 0.05) is 22.9 Å². The second-order valence-electron chi connectivity index (χ2n) is 3.75. The van der Waals surface area contributed by atoms with Gasteiger partial charge in [0.1, 0.15) is 10.6 Å². The van der Waals surface area contributed by atoms with Crippen molar-refractivity contribution in [2.45, 2.75) is 4.90 Å². The van der Waals surface area contributed by atoms with Gasteiger partial charge in [0.05, 0.1) is 0 Å². The van der Waals surface area contributed by atoms with Crippen molar-refractivity contribution < 1.29 is 18.1 Å². The third kappa shape index (κ3) is 2.29. The molecule has 0 aliphatic rings. The molecule has 0 fully saturated rings. The second kappa shape index (κ2) is 4.32. The molecule has 4 N–H and O–H groups in total. The van der Waals surface area contributed by atoms with Gasteiger partial charge in [-0.15, -0.1) is 0 Å². The van der Waals surface area contributed by atoms with E-state index >= 15 is 0 Å². The predicted molar refractivity (Wildman–Crippen MR) is 67.8 cm³/mol. The van der Waals surface area contributed by atoms with Crippen LogP contribution in [0.25, 0.3) is 11.1 Å². The Hall–Kier alpha value is -2.05. The van der Waals surface area contributed by atoms with Crippen LogP contribution in [0.1, 0.15) is 0 Å². The van der Waals surface area contributed by atoms with E-state index in [1.165, 1.54) is 36.4 Å². The molecule has 0 aliphatic carbocycles. The maximum atomic E-state index is 11.3. The molecule has 2 aromatic rings. The maximum absolute atomic E-state index is 11.3. The molecule has 0 saturated carbocycles. The Bertz CT molecular complexity index is 695. The monoisotopic (exact) mass is 265 g/mol. The van der Waals surface area contributed by atoms with Crippen molar-refractivity contribution in [3.8, 4) is 16.9 Å². The van der Waals surface area contributed by atoms with E-state index in [0.717, 1.165) is 0 Å². The van der Waals surface area contributed by atoms with Crippen LogP contribution >= 0.6 is 0 Å². The number of phenolic OH excluding ortho intramolecular Hbond substituents is 1. The van der Waals surface area contributed by atoms with E-state index in [1.807, 2.05) is 0 Å². The summed E-state index contributed by atoms with van der Waals surface area (Å²) in [5, 5.41) is 9.78. The van der Waals surface area contributed by atoms with Crippen molar-refractivity contribution in [1.29, 1.82) is 0 Å². The zero-order chi connectivity index (χ0) is 13.3. The number of hydrogen-bond donors (Lipinski definition) is 3. The lowest BCUT2D eigenvalue weighted by Crippen LogP contribution is -2.00. The normalized spacial score (nSPS) is 11.4. The molecule has 0 amide bonds. The maximum Gasteiger partial charge on any atom is 0.295 e. The lowest BCUT2D eigenvalue weighted by atomic mass is 10.0. The Balaban J connectivity index is 2.72. The minimum absolute atomic E-state index is 0.147. The lowest BCUT2D eigenvalue weighted by molar-refractivity contribution is 0.477. The van der Waals surface area contributed by atoms with E-state index in [0.29, 0.717) is 5.69 Å². The molecule has 94 valence electrons. The molecule has 0 aliphatic heterocycles. The van der Waals surface area contributed by atoms with Crippen LogP contribution in [0.5, 0.6) is 5.75 Å². The summed E-state index contributed by atoms with van der Waals surface area (Å²) in [6.07, 6.45) is 0. The molecule has 0 radical (unpaired) electrons. The highest BCUT2D eigenvalue weighted by Crippen LogP contribution is 2.34. The highest BCUT2D eigenvalue weighted by atomic mass is 32.2. The molecule has 2 rings (SSSR count). The van der Waals surface area contributed by atoms with Crippen LogP contribution in [-0.4, -0.2) is 18.1 Å². The summed E-state index contributed by atoms with van der Waals surface area (Å²) in [6.45, 7) is 0. The van der Waals surface area contributed by atoms with Gasteiger partial charge in [-0.25, -0.2) is 0 Å². The molecule has 0 aromatic heterocycles. The van der Waals surface area contributed by atoms with Crippen molar-refractivity contribution >= 4 is 15.8 Å². The average Bonchev–Trinajstić information content (AvgIpc) is 2.28. The summed E-state index contributed by atoms with van der Waals surface area (Å²) in [4.78, 5) is -0.259. The first kappa shape index (κ1) is 12.4. The molecule has 0 bridgehead atoms. The van der Waals surface area contributed by atoms with Crippen molar-refractivity contribution in [3.05, 3.63) is 42.5 Å². The fraction of sp³-hybridized carbons (Fsp3) is 0. The Kier molecular flexibility index (Phi) is 2.98. The first-order chi connectivity index (χ1) is 8.39. The zero-order valence-electron chi connectivity index (χ0n) is 9.24. The van der Waals surface area contributed by atoms with E-state index in [-0.39, 0.29) is 21.8 Å². The lowest BCUT2D eigenvalue weighted by Gasteiger charge is -2.09. The molecule has 0 unspecified atom stereocenters. The number of aromatic hydroxyl groups is 1. The van der Waals surface area contributed by atoms with Crippen LogP contribution in [0, 0.1) is 0 Å². The number of nitrogens with two attached hydrogens (primary N) is 1. The molecule has 5 nitrogen and oxygen atoms in total. The van der Waals surface area contributed by atoms with E-state index in [1.54, 1.807) is 6.07 Å². The van der Waals surface area contributed by atoms with Gasteiger partial charge in [0.2, 0.25) is 0 Å². The van der Waals surface area contributed by atoms with Crippen LogP contribution in [0.3, 0.4) is 0 Å². The summed E-state index contributed by atoms with van der Waals surface area (Å²) >= 11 is 0. The molecular weight excluding hydrogens is 254 g/mol. The zero-order valence-corrected chi connectivity index (χ0v) is 10.1. The molecule has 0 heterocycles. The van der Waals surface area contributed by atoms with Crippen molar-refractivity contribution in [2.24, 2.45) is 0 Å². The SMILES string of the molecule is Nc1ccc(-c2ccccc2S(=O)(=O)O)c(O)c1. The fourth-order valence-corrected chi connectivity index (χ4v) is 2.40. The van der Waals surface area contributed by atoms with Crippen molar-refractivity contribution in [2.75, 3.05) is 5.73 Å². The van der Waals surface area contributed by atoms with Gasteiger partial charge in [-0.3, -0.25) is 4.55 Å². The van der Waals surface area contributed by atoms with E-state index < -0.39 is 10.1 Å². The standard InChI is InChI=1S/C12H11NO4S/c13-8-5-6-9(11(14)7-8)10-3-1-2-4-12(10)18(15,16)17/h1-7,14H,13H2,(H,15,16,17). The largest absolute Gasteiger partial charge is 0.507 e. The van der Waals surface area contributed by atoms with E-state index in [4.69, 9.17) is 10.3 Å². The van der Waals surface area contributed by atoms with E-state index in [2.05, 4.69) is 0 Å². The highest BCUT2D eigenvalue weighted by Gasteiger charge is 2.17. The topological polar surface area (TPSA) is 101 Å². The minimum Gasteiger partial charge on any atom is -0.507 e. The third-order valence-corrected chi connectivity index (χ3v) is 3.39. The first-order valence-corrected chi connectivity index (χ1v) is 6.49. The fourth-order valence-electron chi connectivity index (χ4n) is 1.69. The third-order valence-electron chi connectivity index (χ3n) is 2.48. The van der Waals surface area contributed by atoms with E-state index in [9.17, 15) is 13.5 Å². The van der Waals surface area contributed by atoms with Gasteiger partial charge >= 0.3 is 0 Å². The average molecular weight is 265 g/mol. The van der Waals surface area contributed by atoms with Gasteiger partial charge in [-0.2, -0.15) is 8.42 Å². The van der Waals surface area contributed by atoms with Crippen LogP contribution < -0.4 is 5.73 Å². The molecule has 0 atom stereocenters. The number of nitrogen functional groups attached to an aromatic ring is 1. The quantitative estimate of drug-likeness (QED) is 0.568. The Labute approximate surface area is 104 Å². The van der Waals surface area contributed by atoms with Gasteiger partial charge in [-0.05, 0) is 18.2 Å². The highest BCUT2D eigenvalue weighted by molar-refractivity contribution is 7.86. The van der Waals surface area contributed by atoms with Gasteiger partial charge in [0.25, 0.3) is 10.1 Å². The number of hydrogen-bond acceptors (Lipinski definition) is 4. The predicted octanol–water partition coefficient (Wildman–Crippen LogP) is 1.89. The second-order valence-corrected chi connectivity index (χ2v) is 5.14. The van der Waals surface area contributed by atoms with Gasteiger partial charge < -0.3 is 10.8 Å². The van der Waals surface area contributed by atoms with Crippen molar-refractivity contribution in [1.82, 2.24) is 0 Å².